The Morgan fingerprint density at radius 2 is 1.96 bits per heavy atom. The first kappa shape index (κ1) is 19.9. The molecule has 1 heterocycles. The highest BCUT2D eigenvalue weighted by molar-refractivity contribution is 7.89. The van der Waals surface area contributed by atoms with Crippen molar-refractivity contribution in [3.8, 4) is 5.06 Å². The van der Waals surface area contributed by atoms with Gasteiger partial charge < -0.3 is 9.84 Å². The summed E-state index contributed by atoms with van der Waals surface area (Å²) in [5.41, 5.74) is 0.907. The maximum absolute atomic E-state index is 13.1. The van der Waals surface area contributed by atoms with E-state index in [0.717, 1.165) is 15.6 Å². The quantitative estimate of drug-likeness (QED) is 0.787. The summed E-state index contributed by atoms with van der Waals surface area (Å²) in [5.74, 6) is -0.513. The highest BCUT2D eigenvalue weighted by Gasteiger charge is 2.36. The molecule has 1 aromatic carbocycles. The minimum absolute atomic E-state index is 0.00635. The number of Topliss-reactive ketones (excluding diaryl/α,β-unsaturated/α-hetero) is 1. The number of aliphatic hydroxyl groups is 1. The van der Waals surface area contributed by atoms with Crippen LogP contribution >= 0.6 is 11.3 Å². The molecule has 1 unspecified atom stereocenters. The third kappa shape index (κ3) is 3.77. The molecular weight excluding hydrogens is 393 g/mol. The van der Waals surface area contributed by atoms with Gasteiger partial charge in [0.2, 0.25) is 10.0 Å². The maximum atomic E-state index is 13.1. The molecule has 0 saturated carbocycles. The van der Waals surface area contributed by atoms with Gasteiger partial charge in [-0.25, -0.2) is 12.8 Å². The Hall–Kier alpha value is -1.81. The molecule has 1 aliphatic carbocycles. The van der Waals surface area contributed by atoms with Crippen molar-refractivity contribution >= 4 is 27.1 Å². The minimum Gasteiger partial charge on any atom is -0.486 e. The number of benzene rings is 1. The van der Waals surface area contributed by atoms with E-state index >= 15 is 0 Å². The van der Waals surface area contributed by atoms with Crippen LogP contribution in [-0.4, -0.2) is 44.3 Å². The highest BCUT2D eigenvalue weighted by atomic mass is 32.2. The molecule has 0 aliphatic heterocycles. The average Bonchev–Trinajstić information content (AvgIpc) is 3.03. The third-order valence-corrected chi connectivity index (χ3v) is 7.83. The molecule has 1 aromatic heterocycles. The first-order chi connectivity index (χ1) is 12.8. The Morgan fingerprint density at radius 1 is 1.30 bits per heavy atom. The van der Waals surface area contributed by atoms with Gasteiger partial charge >= 0.3 is 0 Å². The number of methoxy groups -OCH3 is 1. The van der Waals surface area contributed by atoms with Gasteiger partial charge in [-0.1, -0.05) is 23.5 Å². The number of carbonyl (C=O) groups excluding carboxylic acids is 1. The number of ketones is 1. The van der Waals surface area contributed by atoms with Crippen molar-refractivity contribution in [1.82, 2.24) is 4.31 Å². The van der Waals surface area contributed by atoms with Crippen LogP contribution in [0, 0.1) is 5.82 Å². The molecule has 2 aromatic rings. The number of ether oxygens (including phenoxy) is 1. The van der Waals surface area contributed by atoms with Crippen molar-refractivity contribution in [2.75, 3.05) is 20.7 Å². The molecule has 0 bridgehead atoms. The lowest BCUT2D eigenvalue weighted by Gasteiger charge is -2.22. The summed E-state index contributed by atoms with van der Waals surface area (Å²) in [6.07, 6.45) is 0.363. The molecule has 3 rings (SSSR count). The zero-order valence-corrected chi connectivity index (χ0v) is 16.6. The molecular formula is C18H20FNO5S2. The van der Waals surface area contributed by atoms with E-state index in [9.17, 15) is 22.7 Å². The van der Waals surface area contributed by atoms with Gasteiger partial charge in [0.05, 0.1) is 18.1 Å². The second kappa shape index (κ2) is 7.67. The number of hydrogen-bond acceptors (Lipinski definition) is 6. The number of likely N-dealkylation sites (N-methyl/N-ethyl adjacent to an activating group) is 1. The molecule has 1 aliphatic rings. The first-order valence-corrected chi connectivity index (χ1v) is 10.6. The molecule has 1 N–H and O–H groups in total. The Kier molecular flexibility index (Phi) is 5.66. The average molecular weight is 413 g/mol. The molecule has 0 spiro atoms. The number of carbonyl (C=O) groups is 1. The van der Waals surface area contributed by atoms with Crippen LogP contribution in [-0.2, 0) is 16.4 Å². The summed E-state index contributed by atoms with van der Waals surface area (Å²) >= 11 is 1.05. The van der Waals surface area contributed by atoms with E-state index in [1.807, 2.05) is 0 Å². The van der Waals surface area contributed by atoms with Gasteiger partial charge in [-0.2, -0.15) is 4.31 Å². The summed E-state index contributed by atoms with van der Waals surface area (Å²) in [6.45, 7) is -0.213. The van der Waals surface area contributed by atoms with E-state index in [0.29, 0.717) is 35.3 Å². The Balaban J connectivity index is 1.92. The highest BCUT2D eigenvalue weighted by Crippen LogP contribution is 2.43. The number of fused-ring (bicyclic) bond motifs is 1. The predicted octanol–water partition coefficient (Wildman–Crippen LogP) is 2.77. The standard InChI is InChI=1S/C18H20FNO5S2/c1-20(10-15(22)11-6-8-12(19)9-7-11)27(23,24)17-13-4-3-5-14(21)16(13)26-18(17)25-2/h6-9,15,22H,3-5,10H2,1-2H3. The van der Waals surface area contributed by atoms with Gasteiger partial charge in [-0.15, -0.1) is 0 Å². The largest absolute Gasteiger partial charge is 0.486 e. The summed E-state index contributed by atoms with van der Waals surface area (Å²) in [7, 11) is -1.26. The lowest BCUT2D eigenvalue weighted by Crippen LogP contribution is -2.32. The van der Waals surface area contributed by atoms with Gasteiger partial charge in [-0.3, -0.25) is 4.79 Å². The monoisotopic (exact) mass is 413 g/mol. The fourth-order valence-electron chi connectivity index (χ4n) is 3.10. The van der Waals surface area contributed by atoms with Gasteiger partial charge in [0.15, 0.2) is 10.8 Å². The van der Waals surface area contributed by atoms with E-state index in [2.05, 4.69) is 0 Å². The minimum atomic E-state index is -3.98. The molecule has 27 heavy (non-hydrogen) atoms. The number of thiophene rings is 1. The van der Waals surface area contributed by atoms with Crippen LogP contribution in [0.5, 0.6) is 5.06 Å². The van der Waals surface area contributed by atoms with E-state index < -0.39 is 21.9 Å². The summed E-state index contributed by atoms with van der Waals surface area (Å²) in [6, 6.07) is 5.23. The van der Waals surface area contributed by atoms with Crippen molar-refractivity contribution in [3.05, 3.63) is 46.1 Å². The van der Waals surface area contributed by atoms with Gasteiger partial charge in [0, 0.05) is 20.0 Å². The van der Waals surface area contributed by atoms with Gasteiger partial charge in [0.1, 0.15) is 10.7 Å². The second-order valence-electron chi connectivity index (χ2n) is 6.36. The van der Waals surface area contributed by atoms with Gasteiger partial charge in [-0.05, 0) is 36.1 Å². The van der Waals surface area contributed by atoms with Crippen molar-refractivity contribution in [1.29, 1.82) is 0 Å². The summed E-state index contributed by atoms with van der Waals surface area (Å²) < 4.78 is 45.6. The van der Waals surface area contributed by atoms with E-state index in [-0.39, 0.29) is 22.3 Å². The maximum Gasteiger partial charge on any atom is 0.247 e. The lowest BCUT2D eigenvalue weighted by atomic mass is 9.98. The molecule has 6 nitrogen and oxygen atoms in total. The Morgan fingerprint density at radius 3 is 2.59 bits per heavy atom. The number of hydrogen-bond donors (Lipinski definition) is 1. The number of aliphatic hydroxyl groups excluding tert-OH is 1. The van der Waals surface area contributed by atoms with Crippen LogP contribution in [0.15, 0.2) is 29.2 Å². The van der Waals surface area contributed by atoms with Crippen molar-refractivity contribution in [2.45, 2.75) is 30.3 Å². The SMILES string of the molecule is COc1sc2c(c1S(=O)(=O)N(C)CC(O)c1ccc(F)cc1)CCCC2=O. The molecule has 146 valence electrons. The number of sulfonamides is 1. The third-order valence-electron chi connectivity index (χ3n) is 4.55. The lowest BCUT2D eigenvalue weighted by molar-refractivity contribution is 0.0976. The zero-order chi connectivity index (χ0) is 19.8. The smallest absolute Gasteiger partial charge is 0.247 e. The molecule has 1 atom stereocenters. The summed E-state index contributed by atoms with van der Waals surface area (Å²) in [4.78, 5) is 12.6. The van der Waals surface area contributed by atoms with Gasteiger partial charge in [0.25, 0.3) is 0 Å². The first-order valence-electron chi connectivity index (χ1n) is 8.38. The van der Waals surface area contributed by atoms with E-state index in [4.69, 9.17) is 4.74 Å². The normalized spacial score (nSPS) is 15.7. The van der Waals surface area contributed by atoms with Crippen LogP contribution in [0.25, 0.3) is 0 Å². The summed E-state index contributed by atoms with van der Waals surface area (Å²) in [5, 5.41) is 10.5. The van der Waals surface area contributed by atoms with Crippen molar-refractivity contribution in [2.24, 2.45) is 0 Å². The van der Waals surface area contributed by atoms with Crippen LogP contribution < -0.4 is 4.74 Å². The van der Waals surface area contributed by atoms with Crippen molar-refractivity contribution in [3.63, 3.8) is 0 Å². The molecule has 9 heteroatoms. The number of rotatable bonds is 6. The second-order valence-corrected chi connectivity index (χ2v) is 9.32. The van der Waals surface area contributed by atoms with E-state index in [1.165, 1.54) is 38.4 Å². The van der Waals surface area contributed by atoms with Crippen LogP contribution in [0.3, 0.4) is 0 Å². The molecule has 0 saturated heterocycles. The fourth-order valence-corrected chi connectivity index (χ4v) is 6.09. The Labute approximate surface area is 161 Å². The number of nitrogens with zero attached hydrogens (tertiary/aromatic N) is 1. The van der Waals surface area contributed by atoms with E-state index in [1.54, 1.807) is 0 Å². The topological polar surface area (TPSA) is 83.9 Å². The Bertz CT molecular complexity index is 953. The van der Waals surface area contributed by atoms with Crippen molar-refractivity contribution < 1.29 is 27.4 Å². The molecule has 0 radical (unpaired) electrons. The van der Waals surface area contributed by atoms with Crippen LogP contribution in [0.4, 0.5) is 4.39 Å². The predicted molar refractivity (Wildman–Crippen MR) is 99.3 cm³/mol. The molecule has 0 fully saturated rings. The number of halogens is 1. The molecule has 0 amide bonds. The zero-order valence-electron chi connectivity index (χ0n) is 14.9. The fraction of sp³-hybridized carbons (Fsp3) is 0.389. The van der Waals surface area contributed by atoms with Crippen LogP contribution in [0.2, 0.25) is 0 Å². The van der Waals surface area contributed by atoms with Crippen LogP contribution in [0.1, 0.15) is 39.7 Å².